The highest BCUT2D eigenvalue weighted by molar-refractivity contribution is 5.58. The second kappa shape index (κ2) is 8.76. The van der Waals surface area contributed by atoms with E-state index >= 15 is 0 Å². The smallest absolute Gasteiger partial charge is 0.0343 e. The van der Waals surface area contributed by atoms with Crippen molar-refractivity contribution in [1.82, 2.24) is 5.32 Å². The summed E-state index contributed by atoms with van der Waals surface area (Å²) in [5.41, 5.74) is 3.72. The summed E-state index contributed by atoms with van der Waals surface area (Å²) >= 11 is 0. The van der Waals surface area contributed by atoms with E-state index in [1.807, 2.05) is 13.1 Å². The van der Waals surface area contributed by atoms with Gasteiger partial charge >= 0.3 is 0 Å². The van der Waals surface area contributed by atoms with Gasteiger partial charge in [-0.25, -0.2) is 0 Å². The third kappa shape index (κ3) is 4.92. The molecule has 2 N–H and O–H groups in total. The number of hydrogen-bond acceptors (Lipinski definition) is 2. The van der Waals surface area contributed by atoms with Crippen molar-refractivity contribution >= 4 is 11.8 Å². The zero-order valence-corrected chi connectivity index (χ0v) is 11.8. The Morgan fingerprint density at radius 2 is 2.06 bits per heavy atom. The molecular formula is C16H26N2. The zero-order chi connectivity index (χ0) is 13.2. The van der Waals surface area contributed by atoms with E-state index in [2.05, 4.69) is 42.3 Å². The molecule has 0 amide bonds. The van der Waals surface area contributed by atoms with Gasteiger partial charge in [0.15, 0.2) is 0 Å². The fourth-order valence-electron chi connectivity index (χ4n) is 2.04. The Hall–Kier alpha value is -1.28. The first-order valence-electron chi connectivity index (χ1n) is 6.95. The van der Waals surface area contributed by atoms with Crippen molar-refractivity contribution in [2.75, 3.05) is 18.9 Å². The molecule has 1 rings (SSSR count). The third-order valence-corrected chi connectivity index (χ3v) is 3.09. The van der Waals surface area contributed by atoms with Gasteiger partial charge in [0.25, 0.3) is 0 Å². The van der Waals surface area contributed by atoms with Crippen molar-refractivity contribution in [1.29, 1.82) is 0 Å². The maximum absolute atomic E-state index is 3.85. The fraction of sp³-hybridized carbons (Fsp3) is 0.500. The minimum absolute atomic E-state index is 0.882. The molecule has 100 valence electrons. The van der Waals surface area contributed by atoms with Crippen LogP contribution in [0.25, 0.3) is 6.08 Å². The van der Waals surface area contributed by atoms with E-state index < -0.39 is 0 Å². The molecule has 0 aliphatic carbocycles. The average Bonchev–Trinajstić information content (AvgIpc) is 2.39. The molecule has 0 heterocycles. The lowest BCUT2D eigenvalue weighted by atomic mass is 10.1. The van der Waals surface area contributed by atoms with Gasteiger partial charge in [0.05, 0.1) is 0 Å². The highest BCUT2D eigenvalue weighted by Gasteiger charge is 2.00. The lowest BCUT2D eigenvalue weighted by molar-refractivity contribution is 0.685. The quantitative estimate of drug-likeness (QED) is 0.643. The third-order valence-electron chi connectivity index (χ3n) is 3.09. The molecular weight excluding hydrogens is 220 g/mol. The van der Waals surface area contributed by atoms with E-state index in [0.717, 1.165) is 13.1 Å². The molecule has 0 saturated heterocycles. The molecule has 18 heavy (non-hydrogen) atoms. The van der Waals surface area contributed by atoms with Crippen LogP contribution in [0, 0.1) is 0 Å². The monoisotopic (exact) mass is 246 g/mol. The number of nitrogens with one attached hydrogen (secondary N) is 2. The van der Waals surface area contributed by atoms with Gasteiger partial charge in [0.1, 0.15) is 0 Å². The first kappa shape index (κ1) is 14.8. The second-order valence-electron chi connectivity index (χ2n) is 4.64. The first-order chi connectivity index (χ1) is 8.81. The predicted octanol–water partition coefficient (Wildman–Crippen LogP) is 4.04. The van der Waals surface area contributed by atoms with Gasteiger partial charge in [-0.15, -0.1) is 0 Å². The SMILES string of the molecule is C=Cc1ccc(NCCCCCC)cc1CNC. The average molecular weight is 246 g/mol. The largest absolute Gasteiger partial charge is 0.385 e. The Balaban J connectivity index is 2.50. The normalized spacial score (nSPS) is 10.3. The summed E-state index contributed by atoms with van der Waals surface area (Å²) in [6.07, 6.45) is 7.11. The van der Waals surface area contributed by atoms with Crippen LogP contribution < -0.4 is 10.6 Å². The van der Waals surface area contributed by atoms with Crippen LogP contribution in [0.5, 0.6) is 0 Å². The van der Waals surface area contributed by atoms with Gasteiger partial charge in [0.2, 0.25) is 0 Å². The van der Waals surface area contributed by atoms with E-state index in [1.54, 1.807) is 0 Å². The Labute approximate surface area is 111 Å². The van der Waals surface area contributed by atoms with Crippen molar-refractivity contribution in [2.24, 2.45) is 0 Å². The van der Waals surface area contributed by atoms with Crippen LogP contribution in [0.3, 0.4) is 0 Å². The standard InChI is InChI=1S/C16H26N2/c1-4-6-7-8-11-18-16-10-9-14(5-2)15(12-16)13-17-3/h5,9-10,12,17-18H,2,4,6-8,11,13H2,1,3H3. The van der Waals surface area contributed by atoms with E-state index in [9.17, 15) is 0 Å². The molecule has 0 unspecified atom stereocenters. The topological polar surface area (TPSA) is 24.1 Å². The summed E-state index contributed by atoms with van der Waals surface area (Å²) in [6.45, 7) is 8.04. The number of benzene rings is 1. The van der Waals surface area contributed by atoms with Crippen LogP contribution >= 0.6 is 0 Å². The molecule has 0 fully saturated rings. The van der Waals surface area contributed by atoms with Gasteiger partial charge in [0, 0.05) is 18.8 Å². The number of hydrogen-bond donors (Lipinski definition) is 2. The molecule has 0 radical (unpaired) electrons. The summed E-state index contributed by atoms with van der Waals surface area (Å²) in [4.78, 5) is 0. The maximum Gasteiger partial charge on any atom is 0.0343 e. The van der Waals surface area contributed by atoms with Gasteiger partial charge < -0.3 is 10.6 Å². The van der Waals surface area contributed by atoms with Crippen LogP contribution in [0.2, 0.25) is 0 Å². The lowest BCUT2D eigenvalue weighted by Gasteiger charge is -2.11. The molecule has 0 aliphatic heterocycles. The first-order valence-corrected chi connectivity index (χ1v) is 6.95. The predicted molar refractivity (Wildman–Crippen MR) is 81.9 cm³/mol. The summed E-state index contributed by atoms with van der Waals surface area (Å²) in [5, 5.41) is 6.69. The van der Waals surface area contributed by atoms with E-state index in [0.29, 0.717) is 0 Å². The minimum Gasteiger partial charge on any atom is -0.385 e. The number of anilines is 1. The van der Waals surface area contributed by atoms with Crippen LogP contribution in [-0.4, -0.2) is 13.6 Å². The molecule has 0 atom stereocenters. The molecule has 0 aliphatic rings. The van der Waals surface area contributed by atoms with Gasteiger partial charge in [-0.1, -0.05) is 44.9 Å². The van der Waals surface area contributed by atoms with E-state index in [1.165, 1.54) is 42.5 Å². The summed E-state index contributed by atoms with van der Waals surface area (Å²) in [7, 11) is 1.97. The van der Waals surface area contributed by atoms with Crippen molar-refractivity contribution in [3.63, 3.8) is 0 Å². The van der Waals surface area contributed by atoms with Crippen molar-refractivity contribution < 1.29 is 0 Å². The molecule has 2 heteroatoms. The van der Waals surface area contributed by atoms with Gasteiger partial charge in [-0.2, -0.15) is 0 Å². The Kier molecular flexibility index (Phi) is 7.19. The highest BCUT2D eigenvalue weighted by atomic mass is 14.9. The Morgan fingerprint density at radius 1 is 1.22 bits per heavy atom. The van der Waals surface area contributed by atoms with Crippen LogP contribution in [0.1, 0.15) is 43.7 Å². The van der Waals surface area contributed by atoms with E-state index in [-0.39, 0.29) is 0 Å². The van der Waals surface area contributed by atoms with Gasteiger partial charge in [-0.3, -0.25) is 0 Å². The van der Waals surface area contributed by atoms with Crippen molar-refractivity contribution in [3.05, 3.63) is 35.9 Å². The Bertz CT molecular complexity index is 358. The number of unbranched alkanes of at least 4 members (excludes halogenated alkanes) is 3. The molecule has 0 bridgehead atoms. The molecule has 0 saturated carbocycles. The summed E-state index contributed by atoms with van der Waals surface area (Å²) in [5.74, 6) is 0. The molecule has 0 aromatic heterocycles. The van der Waals surface area contributed by atoms with Crippen molar-refractivity contribution in [2.45, 2.75) is 39.2 Å². The summed E-state index contributed by atoms with van der Waals surface area (Å²) in [6, 6.07) is 6.48. The van der Waals surface area contributed by atoms with Crippen LogP contribution in [-0.2, 0) is 6.54 Å². The molecule has 0 spiro atoms. The minimum atomic E-state index is 0.882. The zero-order valence-electron chi connectivity index (χ0n) is 11.8. The van der Waals surface area contributed by atoms with E-state index in [4.69, 9.17) is 0 Å². The van der Waals surface area contributed by atoms with Crippen LogP contribution in [0.4, 0.5) is 5.69 Å². The van der Waals surface area contributed by atoms with Gasteiger partial charge in [-0.05, 0) is 36.7 Å². The maximum atomic E-state index is 3.85. The fourth-order valence-corrected chi connectivity index (χ4v) is 2.04. The molecule has 1 aromatic carbocycles. The highest BCUT2D eigenvalue weighted by Crippen LogP contribution is 2.17. The second-order valence-corrected chi connectivity index (χ2v) is 4.64. The lowest BCUT2D eigenvalue weighted by Crippen LogP contribution is -2.08. The summed E-state index contributed by atoms with van der Waals surface area (Å²) < 4.78 is 0. The van der Waals surface area contributed by atoms with Crippen LogP contribution in [0.15, 0.2) is 24.8 Å². The number of rotatable bonds is 9. The molecule has 2 nitrogen and oxygen atoms in total. The van der Waals surface area contributed by atoms with Crippen molar-refractivity contribution in [3.8, 4) is 0 Å². The molecule has 1 aromatic rings. The Morgan fingerprint density at radius 3 is 2.72 bits per heavy atom.